The first-order valence-electron chi connectivity index (χ1n) is 9.47. The van der Waals surface area contributed by atoms with Crippen molar-refractivity contribution in [3.05, 3.63) is 29.8 Å². The molecule has 0 bridgehead atoms. The average molecular weight is 495 g/mol. The molecule has 1 heterocycles. The highest BCUT2D eigenvalue weighted by atomic mass is 127. The topological polar surface area (TPSA) is 42.9 Å². The lowest BCUT2D eigenvalue weighted by atomic mass is 10.2. The standard InChI is InChI=1S/C19H31F2N5.HI/c1-4-25(5-2)12-7-11-23-19(22-3)24-15-10-13-26(14-15)18-16(20)8-6-9-17(18)21;/h6,8-9,15H,4-5,7,10-14H2,1-3H3,(H2,22,23,24);1H. The first-order chi connectivity index (χ1) is 12.6. The fraction of sp³-hybridized carbons (Fsp3) is 0.632. The SMILES string of the molecule is CCN(CC)CCCNC(=NC)NC1CCN(c2c(F)cccc2F)C1.I. The number of halogens is 3. The van der Waals surface area contributed by atoms with Gasteiger partial charge in [-0.05, 0) is 44.6 Å². The molecule has 5 nitrogen and oxygen atoms in total. The van der Waals surface area contributed by atoms with Crippen molar-refractivity contribution in [3.8, 4) is 0 Å². The highest BCUT2D eigenvalue weighted by Gasteiger charge is 2.27. The minimum absolute atomic E-state index is 0. The van der Waals surface area contributed by atoms with Gasteiger partial charge >= 0.3 is 0 Å². The van der Waals surface area contributed by atoms with Crippen LogP contribution in [-0.4, -0.2) is 63.2 Å². The van der Waals surface area contributed by atoms with Gasteiger partial charge in [0.15, 0.2) is 5.96 Å². The zero-order chi connectivity index (χ0) is 18.9. The number of aliphatic imine (C=N–C) groups is 1. The van der Waals surface area contributed by atoms with Crippen LogP contribution in [0.4, 0.5) is 14.5 Å². The predicted octanol–water partition coefficient (Wildman–Crippen LogP) is 3.06. The minimum atomic E-state index is -0.510. The highest BCUT2D eigenvalue weighted by Crippen LogP contribution is 2.26. The van der Waals surface area contributed by atoms with E-state index >= 15 is 0 Å². The molecule has 0 aliphatic carbocycles. The number of benzene rings is 1. The lowest BCUT2D eigenvalue weighted by Gasteiger charge is -2.22. The van der Waals surface area contributed by atoms with Gasteiger partial charge in [0, 0.05) is 32.7 Å². The molecule has 154 valence electrons. The van der Waals surface area contributed by atoms with Gasteiger partial charge in [0.25, 0.3) is 0 Å². The van der Waals surface area contributed by atoms with E-state index < -0.39 is 11.6 Å². The molecule has 1 aromatic carbocycles. The third-order valence-electron chi connectivity index (χ3n) is 4.84. The van der Waals surface area contributed by atoms with Crippen LogP contribution in [0.1, 0.15) is 26.7 Å². The van der Waals surface area contributed by atoms with E-state index in [1.54, 1.807) is 11.9 Å². The molecule has 2 rings (SSSR count). The molecule has 1 fully saturated rings. The van der Waals surface area contributed by atoms with Gasteiger partial charge < -0.3 is 20.4 Å². The summed E-state index contributed by atoms with van der Waals surface area (Å²) in [5, 5.41) is 6.68. The number of anilines is 1. The largest absolute Gasteiger partial charge is 0.365 e. The molecule has 27 heavy (non-hydrogen) atoms. The van der Waals surface area contributed by atoms with Crippen molar-refractivity contribution < 1.29 is 8.78 Å². The van der Waals surface area contributed by atoms with Gasteiger partial charge in [0.1, 0.15) is 17.3 Å². The zero-order valence-corrected chi connectivity index (χ0v) is 18.8. The summed E-state index contributed by atoms with van der Waals surface area (Å²) in [4.78, 5) is 8.40. The van der Waals surface area contributed by atoms with Gasteiger partial charge in [-0.25, -0.2) is 8.78 Å². The van der Waals surface area contributed by atoms with E-state index in [0.717, 1.165) is 45.0 Å². The number of rotatable bonds is 8. The normalized spacial score (nSPS) is 17.2. The van der Waals surface area contributed by atoms with Crippen LogP contribution < -0.4 is 15.5 Å². The summed E-state index contributed by atoms with van der Waals surface area (Å²) in [5.41, 5.74) is 0.0685. The minimum Gasteiger partial charge on any atom is -0.365 e. The maximum atomic E-state index is 13.9. The Bertz CT molecular complexity index is 575. The second-order valence-corrected chi connectivity index (χ2v) is 6.53. The van der Waals surface area contributed by atoms with Crippen molar-refractivity contribution in [2.75, 3.05) is 51.2 Å². The van der Waals surface area contributed by atoms with E-state index in [-0.39, 0.29) is 35.7 Å². The molecule has 1 saturated heterocycles. The van der Waals surface area contributed by atoms with Crippen LogP contribution in [0.25, 0.3) is 0 Å². The fourth-order valence-electron chi connectivity index (χ4n) is 3.31. The monoisotopic (exact) mass is 495 g/mol. The average Bonchev–Trinajstić information content (AvgIpc) is 3.08. The lowest BCUT2D eigenvalue weighted by molar-refractivity contribution is 0.300. The Morgan fingerprint density at radius 1 is 1.26 bits per heavy atom. The summed E-state index contributed by atoms with van der Waals surface area (Å²) in [5.74, 6) is -0.278. The van der Waals surface area contributed by atoms with Crippen LogP contribution >= 0.6 is 24.0 Å². The quantitative estimate of drug-likeness (QED) is 0.252. The van der Waals surface area contributed by atoms with Crippen molar-refractivity contribution in [3.63, 3.8) is 0 Å². The summed E-state index contributed by atoms with van der Waals surface area (Å²) >= 11 is 0. The van der Waals surface area contributed by atoms with Crippen LogP contribution in [0.3, 0.4) is 0 Å². The maximum Gasteiger partial charge on any atom is 0.191 e. The van der Waals surface area contributed by atoms with Crippen molar-refractivity contribution in [1.29, 1.82) is 0 Å². The second-order valence-electron chi connectivity index (χ2n) is 6.53. The third-order valence-corrected chi connectivity index (χ3v) is 4.84. The van der Waals surface area contributed by atoms with Crippen LogP contribution in [-0.2, 0) is 0 Å². The van der Waals surface area contributed by atoms with Crippen molar-refractivity contribution >= 4 is 35.6 Å². The van der Waals surface area contributed by atoms with Gasteiger partial charge in [-0.3, -0.25) is 4.99 Å². The number of nitrogens with zero attached hydrogens (tertiary/aromatic N) is 3. The Labute approximate surface area is 178 Å². The molecule has 1 atom stereocenters. The zero-order valence-electron chi connectivity index (χ0n) is 16.5. The molecule has 0 saturated carbocycles. The summed E-state index contributed by atoms with van der Waals surface area (Å²) in [6.45, 7) is 9.53. The van der Waals surface area contributed by atoms with Crippen LogP contribution in [0, 0.1) is 11.6 Å². The molecule has 0 aromatic heterocycles. The molecule has 2 N–H and O–H groups in total. The molecule has 1 aliphatic heterocycles. The van der Waals surface area contributed by atoms with Crippen molar-refractivity contribution in [2.24, 2.45) is 4.99 Å². The van der Waals surface area contributed by atoms with Gasteiger partial charge in [0.05, 0.1) is 0 Å². The molecule has 1 aliphatic rings. The molecule has 1 unspecified atom stereocenters. The highest BCUT2D eigenvalue weighted by molar-refractivity contribution is 14.0. The number of guanidine groups is 1. The number of nitrogens with one attached hydrogen (secondary N) is 2. The molecule has 1 aromatic rings. The number of hydrogen-bond donors (Lipinski definition) is 2. The van der Waals surface area contributed by atoms with E-state index in [2.05, 4.69) is 34.4 Å². The Hall–Kier alpha value is -1.16. The van der Waals surface area contributed by atoms with Gasteiger partial charge in [-0.2, -0.15) is 0 Å². The molecule has 8 heteroatoms. The molecular weight excluding hydrogens is 463 g/mol. The summed E-state index contributed by atoms with van der Waals surface area (Å²) in [7, 11) is 1.74. The first-order valence-corrected chi connectivity index (χ1v) is 9.47. The fourth-order valence-corrected chi connectivity index (χ4v) is 3.31. The van der Waals surface area contributed by atoms with Crippen molar-refractivity contribution in [1.82, 2.24) is 15.5 Å². The maximum absolute atomic E-state index is 13.9. The molecule has 0 amide bonds. The summed E-state index contributed by atoms with van der Waals surface area (Å²) in [6.07, 6.45) is 1.85. The van der Waals surface area contributed by atoms with E-state index in [4.69, 9.17) is 0 Å². The molecule has 0 spiro atoms. The summed E-state index contributed by atoms with van der Waals surface area (Å²) < 4.78 is 27.9. The van der Waals surface area contributed by atoms with Crippen LogP contribution in [0.5, 0.6) is 0 Å². The first kappa shape index (κ1) is 23.9. The number of para-hydroxylation sites is 1. The van der Waals surface area contributed by atoms with E-state index in [0.29, 0.717) is 13.1 Å². The van der Waals surface area contributed by atoms with Gasteiger partial charge in [0.2, 0.25) is 0 Å². The predicted molar refractivity (Wildman–Crippen MR) is 119 cm³/mol. The Morgan fingerprint density at radius 2 is 1.93 bits per heavy atom. The van der Waals surface area contributed by atoms with Crippen LogP contribution in [0.15, 0.2) is 23.2 Å². The Morgan fingerprint density at radius 3 is 2.52 bits per heavy atom. The van der Waals surface area contributed by atoms with E-state index in [1.807, 2.05) is 0 Å². The van der Waals surface area contributed by atoms with Crippen molar-refractivity contribution in [2.45, 2.75) is 32.7 Å². The van der Waals surface area contributed by atoms with Gasteiger partial charge in [-0.15, -0.1) is 24.0 Å². The Balaban J connectivity index is 0.00000364. The smallest absolute Gasteiger partial charge is 0.191 e. The number of hydrogen-bond acceptors (Lipinski definition) is 3. The second kappa shape index (κ2) is 12.3. The lowest BCUT2D eigenvalue weighted by Crippen LogP contribution is -2.45. The van der Waals surface area contributed by atoms with E-state index in [1.165, 1.54) is 18.2 Å². The Kier molecular flexibility index (Phi) is 10.9. The third kappa shape index (κ3) is 7.06. The van der Waals surface area contributed by atoms with Crippen LogP contribution in [0.2, 0.25) is 0 Å². The van der Waals surface area contributed by atoms with E-state index in [9.17, 15) is 8.78 Å². The summed E-state index contributed by atoms with van der Waals surface area (Å²) in [6, 6.07) is 4.11. The molecule has 0 radical (unpaired) electrons. The molecular formula is C19H32F2IN5. The van der Waals surface area contributed by atoms with Gasteiger partial charge in [-0.1, -0.05) is 19.9 Å².